The molecule has 0 saturated heterocycles. The van der Waals surface area contributed by atoms with E-state index < -0.39 is 134 Å². The van der Waals surface area contributed by atoms with Crippen molar-refractivity contribution < 1.29 is 63.3 Å². The molecule has 3 rings (SSSR count). The number of rotatable bonds is 35. The zero-order valence-electron chi connectivity index (χ0n) is 45.3. The summed E-state index contributed by atoms with van der Waals surface area (Å²) in [7, 11) is 1.40. The van der Waals surface area contributed by atoms with E-state index in [9.17, 15) is 63.3 Å². The molecule has 28 heteroatoms. The van der Waals surface area contributed by atoms with E-state index >= 15 is 0 Å². The molecule has 0 aromatic heterocycles. The minimum absolute atomic E-state index is 0.0349. The summed E-state index contributed by atoms with van der Waals surface area (Å²) in [5.74, 6) is -8.72. The number of phenolic OH excluding ortho intramolecular Hbond substituents is 1. The number of nitrogens with two attached hydrogens (primary N) is 3. The van der Waals surface area contributed by atoms with Gasteiger partial charge in [-0.3, -0.25) is 53.4 Å². The molecule has 0 spiro atoms. The molecule has 8 atom stereocenters. The van der Waals surface area contributed by atoms with Crippen molar-refractivity contribution in [2.45, 2.75) is 107 Å². The standard InChI is InChI=1S/C53H77N15O13/c1-31(70)45(55)52(81)68-40(25-33-14-7-4-8-15-33)50(79)67-39(24-32-12-5-3-6-13-32)49(78)66-38(26-34-18-20-35(71)21-19-34)48(77)61-27-42(72)60-28-43(73)64-41(30-69)51(80)65-37(17-11-23-59-53(56)57)47(76)62-29-44(74)63-36(46(75)58-2)16-9-10-22-54/h3-8,12-15,18-21,31,36-41,45,69-71H,9-11,16-17,22-30,54-55H2,1-2H3,(H,58,75)(H,60,72)(H,61,77)(H,62,76)(H,63,74)(H,64,73)(H,65,80)(H,66,78)(H,67,79)(H,68,81)(H4,56,57,59). The minimum atomic E-state index is -1.66. The van der Waals surface area contributed by atoms with Crippen LogP contribution >= 0.6 is 0 Å². The number of guanidine groups is 1. The maximum Gasteiger partial charge on any atom is 0.245 e. The highest BCUT2D eigenvalue weighted by molar-refractivity contribution is 5.97. The van der Waals surface area contributed by atoms with Gasteiger partial charge >= 0.3 is 0 Å². The van der Waals surface area contributed by atoms with Crippen molar-refractivity contribution >= 4 is 65.0 Å². The molecule has 442 valence electrons. The summed E-state index contributed by atoms with van der Waals surface area (Å²) in [5.41, 5.74) is 18.5. The molecule has 28 nitrogen and oxygen atoms in total. The Labute approximate surface area is 468 Å². The van der Waals surface area contributed by atoms with E-state index in [1.807, 2.05) is 0 Å². The van der Waals surface area contributed by atoms with Crippen molar-refractivity contribution in [2.24, 2.45) is 17.2 Å². The first-order valence-electron chi connectivity index (χ1n) is 26.2. The summed E-state index contributed by atoms with van der Waals surface area (Å²) < 4.78 is 0. The van der Waals surface area contributed by atoms with Crippen LogP contribution in [-0.4, -0.2) is 175 Å². The molecule has 3 aromatic rings. The van der Waals surface area contributed by atoms with Crippen LogP contribution in [0.1, 0.15) is 55.7 Å². The van der Waals surface area contributed by atoms with Crippen molar-refractivity contribution in [2.75, 3.05) is 46.4 Å². The predicted octanol–water partition coefficient (Wildman–Crippen LogP) is -5.48. The number of phenols is 1. The van der Waals surface area contributed by atoms with E-state index in [1.54, 1.807) is 60.7 Å². The molecular formula is C53H77N15O13. The number of unbranched alkanes of at least 4 members (excludes halogenated alkanes) is 1. The van der Waals surface area contributed by atoms with Crippen molar-refractivity contribution in [3.8, 4) is 5.75 Å². The smallest absolute Gasteiger partial charge is 0.245 e. The molecule has 3 aromatic carbocycles. The lowest BCUT2D eigenvalue weighted by Gasteiger charge is -2.26. The third-order valence-corrected chi connectivity index (χ3v) is 12.3. The van der Waals surface area contributed by atoms with E-state index in [0.29, 0.717) is 36.1 Å². The van der Waals surface area contributed by atoms with E-state index in [2.05, 4.69) is 58.5 Å². The van der Waals surface area contributed by atoms with Crippen molar-refractivity contribution in [3.05, 3.63) is 102 Å². The van der Waals surface area contributed by atoms with Crippen LogP contribution in [0.15, 0.2) is 84.9 Å². The van der Waals surface area contributed by atoms with Crippen LogP contribution in [0.25, 0.3) is 0 Å². The summed E-state index contributed by atoms with van der Waals surface area (Å²) in [4.78, 5) is 133. The molecule has 0 aliphatic rings. The lowest BCUT2D eigenvalue weighted by Crippen LogP contribution is -2.59. The zero-order valence-corrected chi connectivity index (χ0v) is 45.3. The second-order valence-corrected chi connectivity index (χ2v) is 18.8. The molecule has 0 bridgehead atoms. The number of carbonyl (C=O) groups is 10. The van der Waals surface area contributed by atoms with Gasteiger partial charge < -0.3 is 91.0 Å². The Bertz CT molecular complexity index is 2560. The molecule has 81 heavy (non-hydrogen) atoms. The summed E-state index contributed by atoms with van der Waals surface area (Å²) in [5, 5.41) is 64.6. The van der Waals surface area contributed by atoms with Gasteiger partial charge in [-0.15, -0.1) is 0 Å². The zero-order chi connectivity index (χ0) is 59.9. The SMILES string of the molecule is CNC(=O)C(CCCCN)NC(=O)CNC(=O)C(CCCNC(=N)N)NC(=O)C(CO)NC(=O)CNC(=O)CNC(=O)C(Cc1ccc(O)cc1)NC(=O)C(Cc1ccccc1)NC(=O)C(Cc1ccccc1)NC(=O)C(N)C(C)O. The lowest BCUT2D eigenvalue weighted by molar-refractivity contribution is -0.134. The maximum absolute atomic E-state index is 14.3. The number of amides is 10. The largest absolute Gasteiger partial charge is 0.508 e. The summed E-state index contributed by atoms with van der Waals surface area (Å²) in [6.45, 7) is -1.27. The first-order valence-corrected chi connectivity index (χ1v) is 26.2. The number of aliphatic hydroxyl groups is 2. The molecule has 21 N–H and O–H groups in total. The highest BCUT2D eigenvalue weighted by Gasteiger charge is 2.33. The molecule has 0 aliphatic carbocycles. The third kappa shape index (κ3) is 25.3. The summed E-state index contributed by atoms with van der Waals surface area (Å²) >= 11 is 0. The van der Waals surface area contributed by atoms with Crippen LogP contribution in [0.3, 0.4) is 0 Å². The Morgan fingerprint density at radius 1 is 0.506 bits per heavy atom. The number of aromatic hydroxyl groups is 1. The fourth-order valence-corrected chi connectivity index (χ4v) is 7.74. The second-order valence-electron chi connectivity index (χ2n) is 18.8. The quantitative estimate of drug-likeness (QED) is 0.0148. The van der Waals surface area contributed by atoms with Crippen LogP contribution in [0.4, 0.5) is 0 Å². The predicted molar refractivity (Wildman–Crippen MR) is 296 cm³/mol. The molecule has 0 fully saturated rings. The summed E-state index contributed by atoms with van der Waals surface area (Å²) in [6.07, 6.45) is -0.0475. The van der Waals surface area contributed by atoms with Crippen molar-refractivity contribution in [3.63, 3.8) is 0 Å². The van der Waals surface area contributed by atoms with Gasteiger partial charge in [0.25, 0.3) is 0 Å². The van der Waals surface area contributed by atoms with Gasteiger partial charge in [-0.2, -0.15) is 0 Å². The second kappa shape index (κ2) is 35.7. The number of nitrogens with one attached hydrogen (secondary N) is 12. The molecule has 0 heterocycles. The maximum atomic E-state index is 14.3. The Morgan fingerprint density at radius 2 is 0.926 bits per heavy atom. The van der Waals surface area contributed by atoms with Crippen LogP contribution in [0.5, 0.6) is 5.75 Å². The number of benzene rings is 3. The highest BCUT2D eigenvalue weighted by atomic mass is 16.3. The highest BCUT2D eigenvalue weighted by Crippen LogP contribution is 2.13. The number of carbonyl (C=O) groups excluding carboxylic acids is 10. The van der Waals surface area contributed by atoms with E-state index in [1.165, 1.54) is 38.2 Å². The molecular weight excluding hydrogens is 1050 g/mol. The Balaban J connectivity index is 1.71. The van der Waals surface area contributed by atoms with Crippen LogP contribution in [0, 0.1) is 5.41 Å². The first kappa shape index (κ1) is 66.5. The van der Waals surface area contributed by atoms with Gasteiger partial charge in [-0.05, 0) is 74.4 Å². The Kier molecular flexibility index (Phi) is 29.3. The fourth-order valence-electron chi connectivity index (χ4n) is 7.74. The molecule has 0 aliphatic heterocycles. The molecule has 0 saturated carbocycles. The molecule has 0 radical (unpaired) electrons. The lowest BCUT2D eigenvalue weighted by atomic mass is 10.0. The first-order chi connectivity index (χ1) is 38.6. The van der Waals surface area contributed by atoms with Crippen LogP contribution in [0.2, 0.25) is 0 Å². The Morgan fingerprint density at radius 3 is 1.42 bits per heavy atom. The molecule has 8 unspecified atom stereocenters. The van der Waals surface area contributed by atoms with Crippen LogP contribution < -0.4 is 75.7 Å². The minimum Gasteiger partial charge on any atom is -0.508 e. The summed E-state index contributed by atoms with van der Waals surface area (Å²) in [6, 6.07) is 13.6. The van der Waals surface area contributed by atoms with E-state index in [0.717, 1.165) is 0 Å². The van der Waals surface area contributed by atoms with Gasteiger partial charge in [0, 0.05) is 32.9 Å². The van der Waals surface area contributed by atoms with Gasteiger partial charge in [0.15, 0.2) is 5.96 Å². The third-order valence-electron chi connectivity index (χ3n) is 12.3. The van der Waals surface area contributed by atoms with Gasteiger partial charge in [0.2, 0.25) is 59.1 Å². The number of hydrogen-bond donors (Lipinski definition) is 18. The number of hydrogen-bond acceptors (Lipinski definition) is 16. The van der Waals surface area contributed by atoms with Gasteiger partial charge in [0.1, 0.15) is 48.0 Å². The van der Waals surface area contributed by atoms with Gasteiger partial charge in [-0.1, -0.05) is 72.8 Å². The van der Waals surface area contributed by atoms with Crippen LogP contribution in [-0.2, 0) is 67.2 Å². The average Bonchev–Trinajstić information content (AvgIpc) is 3.45. The van der Waals surface area contributed by atoms with E-state index in [4.69, 9.17) is 22.6 Å². The Hall–Kier alpha value is -8.73. The number of aliphatic hydroxyl groups excluding tert-OH is 2. The van der Waals surface area contributed by atoms with Gasteiger partial charge in [0.05, 0.1) is 32.3 Å². The van der Waals surface area contributed by atoms with Crippen molar-refractivity contribution in [1.82, 2.24) is 58.5 Å². The van der Waals surface area contributed by atoms with Gasteiger partial charge in [-0.25, -0.2) is 0 Å². The number of likely N-dealkylation sites (N-methyl/N-ethyl adjacent to an activating group) is 1. The van der Waals surface area contributed by atoms with Crippen molar-refractivity contribution in [1.29, 1.82) is 5.41 Å². The normalized spacial score (nSPS) is 13.8. The average molecular weight is 1130 g/mol. The van der Waals surface area contributed by atoms with E-state index in [-0.39, 0.29) is 56.8 Å². The fraction of sp³-hybridized carbons (Fsp3) is 0.453. The monoisotopic (exact) mass is 1130 g/mol. The topological polar surface area (TPSA) is 466 Å². The molecule has 10 amide bonds.